The van der Waals surface area contributed by atoms with Crippen LogP contribution in [-0.2, 0) is 4.74 Å². The van der Waals surface area contributed by atoms with Crippen molar-refractivity contribution in [2.24, 2.45) is 11.8 Å². The van der Waals surface area contributed by atoms with Crippen molar-refractivity contribution in [2.75, 3.05) is 13.2 Å². The van der Waals surface area contributed by atoms with Crippen LogP contribution in [0.5, 0.6) is 0 Å². The Balaban J connectivity index is 2.25. The van der Waals surface area contributed by atoms with Crippen LogP contribution in [0.3, 0.4) is 0 Å². The maximum absolute atomic E-state index is 5.47. The quantitative estimate of drug-likeness (QED) is 0.608. The van der Waals surface area contributed by atoms with Gasteiger partial charge in [0.2, 0.25) is 0 Å². The highest BCUT2D eigenvalue weighted by molar-refractivity contribution is 4.74. The highest BCUT2D eigenvalue weighted by Gasteiger charge is 2.25. The van der Waals surface area contributed by atoms with Gasteiger partial charge in [0.25, 0.3) is 0 Å². The lowest BCUT2D eigenvalue weighted by Crippen LogP contribution is -2.11. The second-order valence-electron chi connectivity index (χ2n) is 3.63. The van der Waals surface area contributed by atoms with Crippen LogP contribution >= 0.6 is 0 Å². The molecule has 1 nitrogen and oxygen atoms in total. The summed E-state index contributed by atoms with van der Waals surface area (Å²) in [7, 11) is 0. The summed E-state index contributed by atoms with van der Waals surface area (Å²) >= 11 is 0. The molecule has 1 saturated heterocycles. The number of hydrogen-bond acceptors (Lipinski definition) is 1. The van der Waals surface area contributed by atoms with Crippen molar-refractivity contribution in [3.05, 3.63) is 0 Å². The molecule has 0 aromatic rings. The van der Waals surface area contributed by atoms with Crippen LogP contribution in [0.25, 0.3) is 0 Å². The molecule has 1 aliphatic rings. The molecular formula is C10H20O. The lowest BCUT2D eigenvalue weighted by Gasteiger charge is -2.14. The molecule has 1 rings (SSSR count). The molecule has 0 aromatic heterocycles. The Morgan fingerprint density at radius 2 is 1.45 bits per heavy atom. The SMILES string of the molecule is CCCC1COCC1CCC. The molecule has 1 fully saturated rings. The molecule has 1 aliphatic heterocycles. The van der Waals surface area contributed by atoms with Gasteiger partial charge < -0.3 is 4.74 Å². The van der Waals surface area contributed by atoms with E-state index in [1.54, 1.807) is 0 Å². The van der Waals surface area contributed by atoms with E-state index >= 15 is 0 Å². The number of hydrogen-bond donors (Lipinski definition) is 0. The largest absolute Gasteiger partial charge is 0.381 e. The highest BCUT2D eigenvalue weighted by Crippen LogP contribution is 2.28. The fourth-order valence-corrected chi connectivity index (χ4v) is 2.02. The Bertz CT molecular complexity index is 89.0. The maximum atomic E-state index is 5.47. The molecule has 2 atom stereocenters. The summed E-state index contributed by atoms with van der Waals surface area (Å²) in [6.07, 6.45) is 5.36. The molecule has 1 heteroatoms. The van der Waals surface area contributed by atoms with Crippen LogP contribution in [0, 0.1) is 11.8 Å². The van der Waals surface area contributed by atoms with E-state index in [2.05, 4.69) is 13.8 Å². The van der Waals surface area contributed by atoms with E-state index in [1.807, 2.05) is 0 Å². The molecule has 66 valence electrons. The smallest absolute Gasteiger partial charge is 0.0497 e. The first-order valence-corrected chi connectivity index (χ1v) is 4.96. The van der Waals surface area contributed by atoms with Crippen molar-refractivity contribution < 1.29 is 4.74 Å². The molecule has 0 N–H and O–H groups in total. The summed E-state index contributed by atoms with van der Waals surface area (Å²) in [5.74, 6) is 1.75. The van der Waals surface area contributed by atoms with Gasteiger partial charge in [-0.15, -0.1) is 0 Å². The normalized spacial score (nSPS) is 31.1. The molecule has 0 radical (unpaired) electrons. The van der Waals surface area contributed by atoms with Gasteiger partial charge >= 0.3 is 0 Å². The van der Waals surface area contributed by atoms with Crippen molar-refractivity contribution in [3.63, 3.8) is 0 Å². The molecule has 11 heavy (non-hydrogen) atoms. The third kappa shape index (κ3) is 2.48. The van der Waals surface area contributed by atoms with Crippen molar-refractivity contribution in [3.8, 4) is 0 Å². The summed E-state index contributed by atoms with van der Waals surface area (Å²) in [6.45, 7) is 6.58. The van der Waals surface area contributed by atoms with Crippen LogP contribution in [-0.4, -0.2) is 13.2 Å². The van der Waals surface area contributed by atoms with Gasteiger partial charge in [-0.05, 0) is 24.7 Å². The zero-order valence-corrected chi connectivity index (χ0v) is 7.81. The lowest BCUT2D eigenvalue weighted by molar-refractivity contribution is 0.178. The highest BCUT2D eigenvalue weighted by atomic mass is 16.5. The number of ether oxygens (including phenoxy) is 1. The Labute approximate surface area is 70.1 Å². The van der Waals surface area contributed by atoms with Crippen LogP contribution in [0.4, 0.5) is 0 Å². The molecule has 0 aromatic carbocycles. The Morgan fingerprint density at radius 3 is 1.82 bits per heavy atom. The van der Waals surface area contributed by atoms with E-state index in [-0.39, 0.29) is 0 Å². The molecule has 0 amide bonds. The molecule has 0 spiro atoms. The van der Waals surface area contributed by atoms with Gasteiger partial charge in [0.1, 0.15) is 0 Å². The van der Waals surface area contributed by atoms with E-state index in [0.29, 0.717) is 0 Å². The Hall–Kier alpha value is -0.0400. The topological polar surface area (TPSA) is 9.23 Å². The second kappa shape index (κ2) is 4.76. The Kier molecular flexibility index (Phi) is 3.92. The molecule has 0 bridgehead atoms. The molecule has 2 unspecified atom stereocenters. The minimum absolute atomic E-state index is 0.875. The zero-order chi connectivity index (χ0) is 8.10. The summed E-state index contributed by atoms with van der Waals surface area (Å²) in [4.78, 5) is 0. The third-order valence-corrected chi connectivity index (χ3v) is 2.65. The van der Waals surface area contributed by atoms with E-state index in [9.17, 15) is 0 Å². The van der Waals surface area contributed by atoms with Crippen molar-refractivity contribution >= 4 is 0 Å². The van der Waals surface area contributed by atoms with Crippen LogP contribution in [0.2, 0.25) is 0 Å². The van der Waals surface area contributed by atoms with Crippen molar-refractivity contribution in [2.45, 2.75) is 39.5 Å². The van der Waals surface area contributed by atoms with Gasteiger partial charge in [0.05, 0.1) is 0 Å². The van der Waals surface area contributed by atoms with Gasteiger partial charge in [-0.3, -0.25) is 0 Å². The standard InChI is InChI=1S/C10H20O/c1-3-5-9-7-11-8-10(9)6-4-2/h9-10H,3-8H2,1-2H3. The van der Waals surface area contributed by atoms with Crippen LogP contribution < -0.4 is 0 Å². The van der Waals surface area contributed by atoms with E-state index in [4.69, 9.17) is 4.74 Å². The van der Waals surface area contributed by atoms with Gasteiger partial charge in [0, 0.05) is 13.2 Å². The minimum Gasteiger partial charge on any atom is -0.381 e. The molecular weight excluding hydrogens is 136 g/mol. The average molecular weight is 156 g/mol. The Morgan fingerprint density at radius 1 is 1.00 bits per heavy atom. The first-order chi connectivity index (χ1) is 5.38. The first-order valence-electron chi connectivity index (χ1n) is 4.96. The fourth-order valence-electron chi connectivity index (χ4n) is 2.02. The maximum Gasteiger partial charge on any atom is 0.0497 e. The minimum atomic E-state index is 0.875. The predicted octanol–water partition coefficient (Wildman–Crippen LogP) is 2.85. The van der Waals surface area contributed by atoms with Gasteiger partial charge in [0.15, 0.2) is 0 Å². The van der Waals surface area contributed by atoms with Crippen LogP contribution in [0.15, 0.2) is 0 Å². The molecule has 1 heterocycles. The first kappa shape index (κ1) is 9.05. The molecule has 0 saturated carbocycles. The average Bonchev–Trinajstić information content (AvgIpc) is 2.39. The third-order valence-electron chi connectivity index (χ3n) is 2.65. The van der Waals surface area contributed by atoms with E-state index in [1.165, 1.54) is 25.7 Å². The summed E-state index contributed by atoms with van der Waals surface area (Å²) in [5, 5.41) is 0. The zero-order valence-electron chi connectivity index (χ0n) is 7.81. The van der Waals surface area contributed by atoms with Crippen molar-refractivity contribution in [1.82, 2.24) is 0 Å². The lowest BCUT2D eigenvalue weighted by atomic mass is 9.89. The van der Waals surface area contributed by atoms with Gasteiger partial charge in [-0.1, -0.05) is 26.7 Å². The van der Waals surface area contributed by atoms with Crippen molar-refractivity contribution in [1.29, 1.82) is 0 Å². The summed E-state index contributed by atoms with van der Waals surface area (Å²) < 4.78 is 5.47. The second-order valence-corrected chi connectivity index (χ2v) is 3.63. The van der Waals surface area contributed by atoms with E-state index < -0.39 is 0 Å². The summed E-state index contributed by atoms with van der Waals surface area (Å²) in [6, 6.07) is 0. The van der Waals surface area contributed by atoms with Gasteiger partial charge in [-0.25, -0.2) is 0 Å². The fraction of sp³-hybridized carbons (Fsp3) is 1.00. The summed E-state index contributed by atoms with van der Waals surface area (Å²) in [5.41, 5.74) is 0. The predicted molar refractivity (Wildman–Crippen MR) is 47.6 cm³/mol. The number of rotatable bonds is 4. The molecule has 0 aliphatic carbocycles. The monoisotopic (exact) mass is 156 g/mol. The van der Waals surface area contributed by atoms with E-state index in [0.717, 1.165) is 25.0 Å². The van der Waals surface area contributed by atoms with Gasteiger partial charge in [-0.2, -0.15) is 0 Å². The van der Waals surface area contributed by atoms with Crippen LogP contribution in [0.1, 0.15) is 39.5 Å².